The van der Waals surface area contributed by atoms with E-state index in [2.05, 4.69) is 11.4 Å². The third kappa shape index (κ3) is 4.22. The van der Waals surface area contributed by atoms with E-state index >= 15 is 0 Å². The fraction of sp³-hybridized carbons (Fsp3) is 0.533. The molecule has 0 fully saturated rings. The lowest BCUT2D eigenvalue weighted by atomic mass is 9.92. The van der Waals surface area contributed by atoms with Crippen molar-refractivity contribution in [1.29, 1.82) is 5.26 Å². The molecule has 0 saturated heterocycles. The molecule has 19 heavy (non-hydrogen) atoms. The van der Waals surface area contributed by atoms with Crippen molar-refractivity contribution in [1.82, 2.24) is 5.32 Å². The SMILES string of the molecule is CCC(C#N)(CCCOc1cc(C)ccc1F)NC. The molecule has 0 radical (unpaired) electrons. The van der Waals surface area contributed by atoms with E-state index < -0.39 is 5.54 Å². The molecule has 4 heteroatoms. The number of nitrogens with one attached hydrogen (secondary N) is 1. The van der Waals surface area contributed by atoms with Crippen molar-refractivity contribution in [2.75, 3.05) is 13.7 Å². The van der Waals surface area contributed by atoms with E-state index in [1.54, 1.807) is 19.2 Å². The van der Waals surface area contributed by atoms with Crippen LogP contribution in [0.3, 0.4) is 0 Å². The lowest BCUT2D eigenvalue weighted by molar-refractivity contribution is 0.271. The minimum atomic E-state index is -0.505. The van der Waals surface area contributed by atoms with Crippen molar-refractivity contribution in [2.24, 2.45) is 0 Å². The molecular weight excluding hydrogens is 243 g/mol. The quantitative estimate of drug-likeness (QED) is 0.769. The molecule has 0 heterocycles. The highest BCUT2D eigenvalue weighted by molar-refractivity contribution is 5.29. The number of aryl methyl sites for hydroxylation is 1. The highest BCUT2D eigenvalue weighted by atomic mass is 19.1. The summed E-state index contributed by atoms with van der Waals surface area (Å²) in [5, 5.41) is 12.2. The Bertz CT molecular complexity index is 450. The lowest BCUT2D eigenvalue weighted by Gasteiger charge is -2.24. The molecular formula is C15H21FN2O. The fourth-order valence-corrected chi connectivity index (χ4v) is 1.95. The molecule has 3 nitrogen and oxygen atoms in total. The van der Waals surface area contributed by atoms with Crippen LogP contribution in [-0.4, -0.2) is 19.2 Å². The maximum atomic E-state index is 13.4. The molecule has 1 N–H and O–H groups in total. The van der Waals surface area contributed by atoms with Crippen molar-refractivity contribution in [2.45, 2.75) is 38.6 Å². The zero-order chi connectivity index (χ0) is 14.3. The van der Waals surface area contributed by atoms with Gasteiger partial charge in [-0.15, -0.1) is 0 Å². The Kier molecular flexibility index (Phi) is 5.78. The summed E-state index contributed by atoms with van der Waals surface area (Å²) in [4.78, 5) is 0. The van der Waals surface area contributed by atoms with E-state index in [9.17, 15) is 4.39 Å². The number of halogens is 1. The van der Waals surface area contributed by atoms with Gasteiger partial charge in [0.15, 0.2) is 11.6 Å². The topological polar surface area (TPSA) is 45.0 Å². The predicted octanol–water partition coefficient (Wildman–Crippen LogP) is 3.18. The zero-order valence-electron chi connectivity index (χ0n) is 11.8. The molecule has 104 valence electrons. The molecule has 1 rings (SSSR count). The highest BCUT2D eigenvalue weighted by Crippen LogP contribution is 2.20. The zero-order valence-corrected chi connectivity index (χ0v) is 11.8. The second-order valence-electron chi connectivity index (χ2n) is 4.68. The number of ether oxygens (including phenoxy) is 1. The van der Waals surface area contributed by atoms with Crippen LogP contribution < -0.4 is 10.1 Å². The van der Waals surface area contributed by atoms with Gasteiger partial charge < -0.3 is 10.1 Å². The Morgan fingerprint density at radius 3 is 2.79 bits per heavy atom. The number of benzene rings is 1. The smallest absolute Gasteiger partial charge is 0.165 e. The summed E-state index contributed by atoms with van der Waals surface area (Å²) in [6, 6.07) is 7.09. The summed E-state index contributed by atoms with van der Waals surface area (Å²) in [7, 11) is 1.79. The highest BCUT2D eigenvalue weighted by Gasteiger charge is 2.24. The van der Waals surface area contributed by atoms with Crippen molar-refractivity contribution >= 4 is 0 Å². The van der Waals surface area contributed by atoms with Gasteiger partial charge in [0.2, 0.25) is 0 Å². The van der Waals surface area contributed by atoms with E-state index in [1.807, 2.05) is 13.8 Å². The Morgan fingerprint density at radius 2 is 2.21 bits per heavy atom. The minimum absolute atomic E-state index is 0.281. The van der Waals surface area contributed by atoms with Crippen molar-refractivity contribution in [3.05, 3.63) is 29.6 Å². The normalized spacial score (nSPS) is 13.6. The first kappa shape index (κ1) is 15.5. The van der Waals surface area contributed by atoms with E-state index in [-0.39, 0.29) is 11.6 Å². The van der Waals surface area contributed by atoms with Crippen molar-refractivity contribution in [3.8, 4) is 11.8 Å². The second kappa shape index (κ2) is 7.10. The molecule has 0 bridgehead atoms. The summed E-state index contributed by atoms with van der Waals surface area (Å²) in [6.45, 7) is 4.28. The van der Waals surface area contributed by atoms with Gasteiger partial charge in [-0.25, -0.2) is 4.39 Å². The molecule has 0 aliphatic carbocycles. The fourth-order valence-electron chi connectivity index (χ4n) is 1.95. The minimum Gasteiger partial charge on any atom is -0.491 e. The number of nitrogens with zero attached hydrogens (tertiary/aromatic N) is 1. The monoisotopic (exact) mass is 264 g/mol. The van der Waals surface area contributed by atoms with Crippen LogP contribution in [0.5, 0.6) is 5.75 Å². The summed E-state index contributed by atoms with van der Waals surface area (Å²) in [6.07, 6.45) is 2.12. The third-order valence-electron chi connectivity index (χ3n) is 3.39. The van der Waals surface area contributed by atoms with E-state index in [0.29, 0.717) is 19.4 Å². The van der Waals surface area contributed by atoms with Crippen LogP contribution in [0.4, 0.5) is 4.39 Å². The lowest BCUT2D eigenvalue weighted by Crippen LogP contribution is -2.41. The summed E-state index contributed by atoms with van der Waals surface area (Å²) in [5.41, 5.74) is 0.459. The number of hydrogen-bond acceptors (Lipinski definition) is 3. The van der Waals surface area contributed by atoms with Crippen LogP contribution in [0.15, 0.2) is 18.2 Å². The maximum Gasteiger partial charge on any atom is 0.165 e. The average Bonchev–Trinajstić information content (AvgIpc) is 2.43. The Hall–Kier alpha value is -1.60. The average molecular weight is 264 g/mol. The number of hydrogen-bond donors (Lipinski definition) is 1. The van der Waals surface area contributed by atoms with Gasteiger partial charge in [-0.05, 0) is 50.9 Å². The molecule has 1 aromatic rings. The molecule has 1 atom stereocenters. The molecule has 1 unspecified atom stereocenters. The van der Waals surface area contributed by atoms with Crippen LogP contribution in [0.25, 0.3) is 0 Å². The number of nitriles is 1. The molecule has 0 spiro atoms. The first-order valence-corrected chi connectivity index (χ1v) is 6.56. The molecule has 1 aromatic carbocycles. The van der Waals surface area contributed by atoms with Gasteiger partial charge in [0, 0.05) is 0 Å². The van der Waals surface area contributed by atoms with Gasteiger partial charge in [0.1, 0.15) is 5.54 Å². The summed E-state index contributed by atoms with van der Waals surface area (Å²) in [5.74, 6) is -0.0650. The van der Waals surface area contributed by atoms with Gasteiger partial charge in [-0.2, -0.15) is 5.26 Å². The van der Waals surface area contributed by atoms with Gasteiger partial charge in [0.25, 0.3) is 0 Å². The van der Waals surface area contributed by atoms with E-state index in [0.717, 1.165) is 12.0 Å². The first-order valence-electron chi connectivity index (χ1n) is 6.56. The van der Waals surface area contributed by atoms with Gasteiger partial charge in [0.05, 0.1) is 12.7 Å². The van der Waals surface area contributed by atoms with Crippen LogP contribution in [0, 0.1) is 24.1 Å². The molecule has 0 aliphatic rings. The Balaban J connectivity index is 2.47. The predicted molar refractivity (Wildman–Crippen MR) is 73.6 cm³/mol. The maximum absolute atomic E-state index is 13.4. The largest absolute Gasteiger partial charge is 0.491 e. The van der Waals surface area contributed by atoms with E-state index in [4.69, 9.17) is 10.00 Å². The van der Waals surface area contributed by atoms with Crippen molar-refractivity contribution < 1.29 is 9.13 Å². The van der Waals surface area contributed by atoms with Gasteiger partial charge in [-0.3, -0.25) is 0 Å². The molecule has 0 aromatic heterocycles. The van der Waals surface area contributed by atoms with Crippen LogP contribution >= 0.6 is 0 Å². The Morgan fingerprint density at radius 1 is 1.47 bits per heavy atom. The molecule has 0 amide bonds. The van der Waals surface area contributed by atoms with Crippen LogP contribution in [0.1, 0.15) is 31.7 Å². The van der Waals surface area contributed by atoms with Crippen LogP contribution in [0.2, 0.25) is 0 Å². The van der Waals surface area contributed by atoms with Crippen molar-refractivity contribution in [3.63, 3.8) is 0 Å². The van der Waals surface area contributed by atoms with Crippen LogP contribution in [-0.2, 0) is 0 Å². The summed E-state index contributed by atoms with van der Waals surface area (Å²) >= 11 is 0. The first-order chi connectivity index (χ1) is 9.06. The summed E-state index contributed by atoms with van der Waals surface area (Å²) < 4.78 is 18.9. The Labute approximate surface area is 114 Å². The third-order valence-corrected chi connectivity index (χ3v) is 3.39. The molecule has 0 aliphatic heterocycles. The number of rotatable bonds is 7. The van der Waals surface area contributed by atoms with Gasteiger partial charge in [-0.1, -0.05) is 13.0 Å². The second-order valence-corrected chi connectivity index (χ2v) is 4.68. The standard InChI is InChI=1S/C15H21FN2O/c1-4-15(11-17,18-3)8-5-9-19-14-10-12(2)6-7-13(14)16/h6-7,10,18H,4-5,8-9H2,1-3H3. The van der Waals surface area contributed by atoms with E-state index in [1.165, 1.54) is 6.07 Å². The molecule has 0 saturated carbocycles. The van der Waals surface area contributed by atoms with Gasteiger partial charge >= 0.3 is 0 Å².